The van der Waals surface area contributed by atoms with Crippen LogP contribution >= 0.6 is 0 Å². The van der Waals surface area contributed by atoms with E-state index in [4.69, 9.17) is 4.74 Å². The molecule has 1 saturated heterocycles. The quantitative estimate of drug-likeness (QED) is 0.186. The number of ether oxygens (including phenoxy) is 1. The van der Waals surface area contributed by atoms with E-state index < -0.39 is 64.7 Å². The minimum Gasteiger partial charge on any atom is -0.393 e. The summed E-state index contributed by atoms with van der Waals surface area (Å²) in [4.78, 5) is 60.9. The fourth-order valence-corrected chi connectivity index (χ4v) is 3.15. The maximum absolute atomic E-state index is 12.5. The van der Waals surface area contributed by atoms with Crippen molar-refractivity contribution < 1.29 is 34.6 Å². The number of nitro benzene ring substituents is 1. The molecule has 0 saturated carbocycles. The van der Waals surface area contributed by atoms with Gasteiger partial charge in [-0.15, -0.1) is 0 Å². The average molecular weight is 450 g/mol. The molecule has 1 aliphatic heterocycles. The minimum atomic E-state index is -1.74. The van der Waals surface area contributed by atoms with Crippen molar-refractivity contribution in [3.8, 4) is 0 Å². The van der Waals surface area contributed by atoms with Crippen LogP contribution in [0.4, 0.5) is 5.69 Å². The third-order valence-electron chi connectivity index (χ3n) is 5.03. The van der Waals surface area contributed by atoms with Crippen LogP contribution in [-0.4, -0.2) is 66.5 Å². The number of amides is 2. The first kappa shape index (κ1) is 23.0. The molecule has 5 N–H and O–H groups in total. The first-order chi connectivity index (χ1) is 15.1. The van der Waals surface area contributed by atoms with Crippen LogP contribution in [-0.2, 0) is 4.74 Å². The van der Waals surface area contributed by atoms with Crippen molar-refractivity contribution in [3.63, 3.8) is 0 Å². The van der Waals surface area contributed by atoms with E-state index in [-0.39, 0.29) is 17.7 Å². The zero-order valence-electron chi connectivity index (χ0n) is 16.3. The molecule has 1 aromatic carbocycles. The van der Waals surface area contributed by atoms with Crippen LogP contribution in [0.1, 0.15) is 33.4 Å². The molecule has 1 aliphatic rings. The summed E-state index contributed by atoms with van der Waals surface area (Å²) in [7, 11) is 0. The number of rotatable bonds is 6. The maximum Gasteiger partial charge on any atom is 0.330 e. The maximum atomic E-state index is 12.5. The molecule has 0 spiro atoms. The minimum absolute atomic E-state index is 0.0911. The van der Waals surface area contributed by atoms with Crippen molar-refractivity contribution in [1.82, 2.24) is 14.9 Å². The van der Waals surface area contributed by atoms with Crippen LogP contribution in [0.2, 0.25) is 0 Å². The summed E-state index contributed by atoms with van der Waals surface area (Å²) in [5, 5.41) is 41.6. The van der Waals surface area contributed by atoms with Crippen molar-refractivity contribution >= 4 is 17.5 Å². The van der Waals surface area contributed by atoms with Crippen LogP contribution in [0.3, 0.4) is 0 Å². The second kappa shape index (κ2) is 8.80. The van der Waals surface area contributed by atoms with Crippen molar-refractivity contribution in [1.29, 1.82) is 0 Å². The van der Waals surface area contributed by atoms with Gasteiger partial charge in [0, 0.05) is 30.3 Å². The molecule has 14 nitrogen and oxygen atoms in total. The van der Waals surface area contributed by atoms with Gasteiger partial charge < -0.3 is 20.1 Å². The van der Waals surface area contributed by atoms with Gasteiger partial charge in [-0.25, -0.2) is 4.79 Å². The summed E-state index contributed by atoms with van der Waals surface area (Å²) in [6.45, 7) is -1.51. The predicted octanol–water partition coefficient (Wildman–Crippen LogP) is -1.98. The van der Waals surface area contributed by atoms with Crippen LogP contribution in [0.5, 0.6) is 0 Å². The molecule has 0 unspecified atom stereocenters. The lowest BCUT2D eigenvalue weighted by atomic mass is 9.99. The molecule has 0 aliphatic carbocycles. The fourth-order valence-electron chi connectivity index (χ4n) is 3.15. The number of hydrogen-bond donors (Lipinski definition) is 5. The molecule has 0 bridgehead atoms. The number of benzene rings is 1. The summed E-state index contributed by atoms with van der Waals surface area (Å²) in [6, 6.07) is 4.35. The van der Waals surface area contributed by atoms with E-state index in [2.05, 4.69) is 0 Å². The summed E-state index contributed by atoms with van der Waals surface area (Å²) in [5.41, 5.74) is -4.83. The summed E-state index contributed by atoms with van der Waals surface area (Å²) < 4.78 is 6.20. The fraction of sp³-hybridized carbons (Fsp3) is 0.333. The number of aromatic nitrogens is 2. The zero-order chi connectivity index (χ0) is 23.6. The Balaban J connectivity index is 1.85. The Hall–Kier alpha value is -3.72. The Kier molecular flexibility index (Phi) is 6.31. The first-order valence-corrected chi connectivity index (χ1v) is 9.15. The molecule has 0 radical (unpaired) electrons. The smallest absolute Gasteiger partial charge is 0.330 e. The lowest BCUT2D eigenvalue weighted by Gasteiger charge is -2.27. The molecule has 170 valence electrons. The highest BCUT2D eigenvalue weighted by Crippen LogP contribution is 2.35. The van der Waals surface area contributed by atoms with Crippen molar-refractivity contribution in [3.05, 3.63) is 72.5 Å². The Labute approximate surface area is 177 Å². The number of nitro groups is 1. The monoisotopic (exact) mass is 450 g/mol. The molecule has 1 aromatic heterocycles. The molecule has 1 fully saturated rings. The van der Waals surface area contributed by atoms with Crippen molar-refractivity contribution in [2.24, 2.45) is 0 Å². The first-order valence-electron chi connectivity index (χ1n) is 9.15. The number of aliphatic hydroxyl groups is 3. The standard InChI is InChI=1S/C18H18N4O10/c23-7-18(8-24)12(25)5-13(32-18)21-6-11(16(28)20-17(21)29)15(27)19-14(26)9-1-3-10(4-2-9)22(30)31/h1-4,6,12-13,23-25H,5,7-8H2,(H,19,26,27)(H,20,28,29)/t12-,13+/m0/s1. The predicted molar refractivity (Wildman–Crippen MR) is 104 cm³/mol. The van der Waals surface area contributed by atoms with E-state index >= 15 is 0 Å². The second-order valence-electron chi connectivity index (χ2n) is 7.00. The highest BCUT2D eigenvalue weighted by molar-refractivity contribution is 6.10. The van der Waals surface area contributed by atoms with Gasteiger partial charge in [0.05, 0.1) is 24.2 Å². The van der Waals surface area contributed by atoms with Gasteiger partial charge in [0.2, 0.25) is 0 Å². The topological polar surface area (TPSA) is 214 Å². The van der Waals surface area contributed by atoms with Crippen molar-refractivity contribution in [2.45, 2.75) is 24.4 Å². The Morgan fingerprint density at radius 1 is 1.22 bits per heavy atom. The summed E-state index contributed by atoms with van der Waals surface area (Å²) in [6.07, 6.45) is -1.99. The number of H-pyrrole nitrogens is 1. The molecular weight excluding hydrogens is 432 g/mol. The highest BCUT2D eigenvalue weighted by atomic mass is 16.6. The lowest BCUT2D eigenvalue weighted by Crippen LogP contribution is -2.46. The van der Waals surface area contributed by atoms with E-state index in [0.717, 1.165) is 35.0 Å². The summed E-state index contributed by atoms with van der Waals surface area (Å²) >= 11 is 0. The number of aromatic amines is 1. The van der Waals surface area contributed by atoms with Crippen molar-refractivity contribution in [2.75, 3.05) is 13.2 Å². The van der Waals surface area contributed by atoms with Gasteiger partial charge in [0.1, 0.15) is 17.4 Å². The molecule has 2 atom stereocenters. The lowest BCUT2D eigenvalue weighted by molar-refractivity contribution is -0.384. The van der Waals surface area contributed by atoms with Gasteiger partial charge in [-0.2, -0.15) is 0 Å². The van der Waals surface area contributed by atoms with Gasteiger partial charge >= 0.3 is 5.69 Å². The molecule has 32 heavy (non-hydrogen) atoms. The second-order valence-corrected chi connectivity index (χ2v) is 7.00. The van der Waals surface area contributed by atoms with Gasteiger partial charge in [-0.05, 0) is 12.1 Å². The molecule has 3 rings (SSSR count). The van der Waals surface area contributed by atoms with E-state index in [1.807, 2.05) is 10.3 Å². The molecule has 2 aromatic rings. The van der Waals surface area contributed by atoms with E-state index in [9.17, 15) is 44.6 Å². The molecule has 2 amide bonds. The number of carbonyl (C=O) groups is 2. The third kappa shape index (κ3) is 4.19. The largest absolute Gasteiger partial charge is 0.393 e. The number of nitrogens with zero attached hydrogens (tertiary/aromatic N) is 2. The molecule has 14 heteroatoms. The van der Waals surface area contributed by atoms with Gasteiger partial charge in [0.15, 0.2) is 0 Å². The van der Waals surface area contributed by atoms with Crippen LogP contribution in [0, 0.1) is 10.1 Å². The van der Waals surface area contributed by atoms with Gasteiger partial charge in [-0.1, -0.05) is 0 Å². The number of aliphatic hydroxyl groups excluding tert-OH is 3. The average Bonchev–Trinajstić information content (AvgIpc) is 3.10. The van der Waals surface area contributed by atoms with E-state index in [1.165, 1.54) is 0 Å². The van der Waals surface area contributed by atoms with Gasteiger partial charge in [-0.3, -0.25) is 39.4 Å². The van der Waals surface area contributed by atoms with Crippen LogP contribution in [0.25, 0.3) is 0 Å². The third-order valence-corrected chi connectivity index (χ3v) is 5.03. The Bertz CT molecular complexity index is 1170. The number of carbonyl (C=O) groups excluding carboxylic acids is 2. The van der Waals surface area contributed by atoms with Crippen LogP contribution < -0.4 is 16.6 Å². The SMILES string of the molecule is O=C(NC(=O)c1cn([C@H]2C[C@H](O)C(CO)(CO)O2)c(=O)[nH]c1=O)c1ccc([N+](=O)[O-])cc1. The normalized spacial score (nSPS) is 19.5. The summed E-state index contributed by atoms with van der Waals surface area (Å²) in [5.74, 6) is -2.12. The van der Waals surface area contributed by atoms with Gasteiger partial charge in [0.25, 0.3) is 23.1 Å². The number of hydrogen-bond acceptors (Lipinski definition) is 10. The van der Waals surface area contributed by atoms with E-state index in [1.54, 1.807) is 0 Å². The number of imide groups is 1. The zero-order valence-corrected chi connectivity index (χ0v) is 16.3. The van der Waals surface area contributed by atoms with E-state index in [0.29, 0.717) is 0 Å². The highest BCUT2D eigenvalue weighted by Gasteiger charge is 2.48. The Morgan fingerprint density at radius 3 is 2.38 bits per heavy atom. The number of non-ortho nitro benzene ring substituents is 1. The Morgan fingerprint density at radius 2 is 1.84 bits per heavy atom. The van der Waals surface area contributed by atoms with Crippen LogP contribution in [0.15, 0.2) is 40.1 Å². The molecular formula is C18H18N4O10. The molecule has 2 heterocycles. The number of nitrogens with one attached hydrogen (secondary N) is 2.